The lowest BCUT2D eigenvalue weighted by Gasteiger charge is -2.07. The number of hydrogen-bond acceptors (Lipinski definition) is 1. The molecule has 0 amide bonds. The van der Waals surface area contributed by atoms with Crippen LogP contribution in [-0.2, 0) is 18.8 Å². The van der Waals surface area contributed by atoms with E-state index >= 15 is 0 Å². The van der Waals surface area contributed by atoms with Crippen LogP contribution in [0, 0.1) is 0 Å². The molecule has 16 heavy (non-hydrogen) atoms. The van der Waals surface area contributed by atoms with Crippen LogP contribution in [0.3, 0.4) is 0 Å². The molecule has 2 aromatic rings. The van der Waals surface area contributed by atoms with E-state index in [0.717, 1.165) is 18.5 Å². The van der Waals surface area contributed by atoms with E-state index in [4.69, 9.17) is 11.6 Å². The Morgan fingerprint density at radius 3 is 2.62 bits per heavy atom. The SMILES string of the molecule is CCc1c(CCl)cnn1Cc1ccccc1. The fourth-order valence-corrected chi connectivity index (χ4v) is 2.09. The molecule has 84 valence electrons. The highest BCUT2D eigenvalue weighted by atomic mass is 35.5. The Balaban J connectivity index is 2.25. The summed E-state index contributed by atoms with van der Waals surface area (Å²) in [7, 11) is 0. The second kappa shape index (κ2) is 5.17. The molecular weight excluding hydrogens is 220 g/mol. The summed E-state index contributed by atoms with van der Waals surface area (Å²) in [6.45, 7) is 2.95. The smallest absolute Gasteiger partial charge is 0.0662 e. The first-order valence-electron chi connectivity index (χ1n) is 5.48. The van der Waals surface area contributed by atoms with Gasteiger partial charge in [-0.15, -0.1) is 11.6 Å². The van der Waals surface area contributed by atoms with E-state index in [1.54, 1.807) is 0 Å². The Kier molecular flexibility index (Phi) is 3.62. The maximum Gasteiger partial charge on any atom is 0.0662 e. The van der Waals surface area contributed by atoms with Crippen molar-refractivity contribution in [3.05, 3.63) is 53.3 Å². The van der Waals surface area contributed by atoms with Crippen molar-refractivity contribution in [3.8, 4) is 0 Å². The number of benzene rings is 1. The van der Waals surface area contributed by atoms with Gasteiger partial charge in [-0.2, -0.15) is 5.10 Å². The summed E-state index contributed by atoms with van der Waals surface area (Å²) < 4.78 is 2.03. The maximum absolute atomic E-state index is 5.87. The topological polar surface area (TPSA) is 17.8 Å². The molecule has 0 aliphatic heterocycles. The van der Waals surface area contributed by atoms with Crippen molar-refractivity contribution in [2.24, 2.45) is 0 Å². The predicted molar refractivity (Wildman–Crippen MR) is 66.7 cm³/mol. The molecule has 2 rings (SSSR count). The second-order valence-electron chi connectivity index (χ2n) is 3.75. The Morgan fingerprint density at radius 2 is 2.00 bits per heavy atom. The first kappa shape index (κ1) is 11.2. The third-order valence-electron chi connectivity index (χ3n) is 2.69. The average molecular weight is 235 g/mol. The fourth-order valence-electron chi connectivity index (χ4n) is 1.86. The van der Waals surface area contributed by atoms with Crippen LogP contribution in [-0.4, -0.2) is 9.78 Å². The van der Waals surface area contributed by atoms with Crippen LogP contribution in [0.5, 0.6) is 0 Å². The number of hydrogen-bond donors (Lipinski definition) is 0. The first-order chi connectivity index (χ1) is 7.85. The minimum absolute atomic E-state index is 0.540. The van der Waals surface area contributed by atoms with E-state index in [-0.39, 0.29) is 0 Å². The number of nitrogens with zero attached hydrogens (tertiary/aromatic N) is 2. The quantitative estimate of drug-likeness (QED) is 0.743. The van der Waals surface area contributed by atoms with Crippen LogP contribution < -0.4 is 0 Å². The highest BCUT2D eigenvalue weighted by Crippen LogP contribution is 2.13. The minimum atomic E-state index is 0.540. The summed E-state index contributed by atoms with van der Waals surface area (Å²) in [6.07, 6.45) is 2.84. The van der Waals surface area contributed by atoms with Crippen LogP contribution >= 0.6 is 11.6 Å². The largest absolute Gasteiger partial charge is 0.265 e. The number of rotatable bonds is 4. The summed E-state index contributed by atoms with van der Waals surface area (Å²) in [5.41, 5.74) is 3.64. The van der Waals surface area contributed by atoms with Gasteiger partial charge in [0.25, 0.3) is 0 Å². The molecule has 0 saturated heterocycles. The van der Waals surface area contributed by atoms with Crippen LogP contribution in [0.1, 0.15) is 23.7 Å². The zero-order valence-electron chi connectivity index (χ0n) is 9.36. The lowest BCUT2D eigenvalue weighted by atomic mass is 10.2. The highest BCUT2D eigenvalue weighted by molar-refractivity contribution is 6.17. The zero-order chi connectivity index (χ0) is 11.4. The van der Waals surface area contributed by atoms with Gasteiger partial charge in [-0.25, -0.2) is 0 Å². The third kappa shape index (κ3) is 2.27. The van der Waals surface area contributed by atoms with Gasteiger partial charge in [0, 0.05) is 11.3 Å². The summed E-state index contributed by atoms with van der Waals surface area (Å²) in [5, 5.41) is 4.39. The fraction of sp³-hybridized carbons (Fsp3) is 0.308. The van der Waals surface area contributed by atoms with Crippen molar-refractivity contribution in [1.82, 2.24) is 9.78 Å². The molecule has 0 saturated carbocycles. The van der Waals surface area contributed by atoms with Gasteiger partial charge in [0.05, 0.1) is 18.6 Å². The molecular formula is C13H15ClN2. The van der Waals surface area contributed by atoms with Gasteiger partial charge in [-0.05, 0) is 12.0 Å². The van der Waals surface area contributed by atoms with Crippen molar-refractivity contribution >= 4 is 11.6 Å². The standard InChI is InChI=1S/C13H15ClN2/c1-2-13-12(8-14)9-15-16(13)10-11-6-4-3-5-7-11/h3-7,9H,2,8,10H2,1H3. The zero-order valence-corrected chi connectivity index (χ0v) is 10.1. The second-order valence-corrected chi connectivity index (χ2v) is 4.01. The van der Waals surface area contributed by atoms with Crippen molar-refractivity contribution < 1.29 is 0 Å². The monoisotopic (exact) mass is 234 g/mol. The molecule has 0 N–H and O–H groups in total. The molecule has 0 radical (unpaired) electrons. The molecule has 3 heteroatoms. The molecule has 1 aromatic heterocycles. The van der Waals surface area contributed by atoms with Gasteiger partial charge < -0.3 is 0 Å². The number of halogens is 1. The minimum Gasteiger partial charge on any atom is -0.265 e. The van der Waals surface area contributed by atoms with Crippen molar-refractivity contribution in [3.63, 3.8) is 0 Å². The molecule has 0 atom stereocenters. The van der Waals surface area contributed by atoms with Crippen molar-refractivity contribution in [1.29, 1.82) is 0 Å². The predicted octanol–water partition coefficient (Wildman–Crippen LogP) is 3.23. The van der Waals surface area contributed by atoms with Gasteiger partial charge in [0.15, 0.2) is 0 Å². The molecule has 0 spiro atoms. The molecule has 2 nitrogen and oxygen atoms in total. The summed E-state index contributed by atoms with van der Waals surface area (Å²) in [5.74, 6) is 0.540. The molecule has 1 aromatic carbocycles. The third-order valence-corrected chi connectivity index (χ3v) is 2.98. The summed E-state index contributed by atoms with van der Waals surface area (Å²) in [4.78, 5) is 0. The van der Waals surface area contributed by atoms with Gasteiger partial charge in [0.1, 0.15) is 0 Å². The maximum atomic E-state index is 5.87. The number of alkyl halides is 1. The normalized spacial score (nSPS) is 10.6. The molecule has 0 fully saturated rings. The van der Waals surface area contributed by atoms with Gasteiger partial charge >= 0.3 is 0 Å². The van der Waals surface area contributed by atoms with E-state index in [1.807, 2.05) is 29.1 Å². The molecule has 0 bridgehead atoms. The molecule has 1 heterocycles. The molecule has 0 aliphatic carbocycles. The van der Waals surface area contributed by atoms with Gasteiger partial charge in [-0.3, -0.25) is 4.68 Å². The highest BCUT2D eigenvalue weighted by Gasteiger charge is 2.07. The van der Waals surface area contributed by atoms with Crippen LogP contribution in [0.2, 0.25) is 0 Å². The van der Waals surface area contributed by atoms with Gasteiger partial charge in [0.2, 0.25) is 0 Å². The van der Waals surface area contributed by atoms with E-state index in [9.17, 15) is 0 Å². The Labute approximate surface area is 101 Å². The Morgan fingerprint density at radius 1 is 1.25 bits per heavy atom. The van der Waals surface area contributed by atoms with Crippen LogP contribution in [0.25, 0.3) is 0 Å². The van der Waals surface area contributed by atoms with Crippen LogP contribution in [0.15, 0.2) is 36.5 Å². The number of aromatic nitrogens is 2. The van der Waals surface area contributed by atoms with E-state index in [0.29, 0.717) is 5.88 Å². The van der Waals surface area contributed by atoms with Crippen LogP contribution in [0.4, 0.5) is 0 Å². The van der Waals surface area contributed by atoms with Gasteiger partial charge in [-0.1, -0.05) is 37.3 Å². The van der Waals surface area contributed by atoms with Crippen molar-refractivity contribution in [2.45, 2.75) is 25.8 Å². The van der Waals surface area contributed by atoms with Crippen molar-refractivity contribution in [2.75, 3.05) is 0 Å². The summed E-state index contributed by atoms with van der Waals surface area (Å²) in [6, 6.07) is 10.3. The first-order valence-corrected chi connectivity index (χ1v) is 6.02. The lowest BCUT2D eigenvalue weighted by Crippen LogP contribution is -2.06. The molecule has 0 unspecified atom stereocenters. The van der Waals surface area contributed by atoms with E-state index < -0.39 is 0 Å². The summed E-state index contributed by atoms with van der Waals surface area (Å²) >= 11 is 5.87. The molecule has 0 aliphatic rings. The average Bonchev–Trinajstić information content (AvgIpc) is 2.72. The lowest BCUT2D eigenvalue weighted by molar-refractivity contribution is 0.648. The van der Waals surface area contributed by atoms with E-state index in [1.165, 1.54) is 11.3 Å². The Hall–Kier alpha value is -1.28. The Bertz CT molecular complexity index is 448. The van der Waals surface area contributed by atoms with E-state index in [2.05, 4.69) is 24.2 Å².